The number of amides is 2. The van der Waals surface area contributed by atoms with Gasteiger partial charge < -0.3 is 10.6 Å². The summed E-state index contributed by atoms with van der Waals surface area (Å²) in [6, 6.07) is 5.88. The lowest BCUT2D eigenvalue weighted by Gasteiger charge is -2.30. The van der Waals surface area contributed by atoms with Crippen molar-refractivity contribution in [2.75, 3.05) is 13.1 Å². The van der Waals surface area contributed by atoms with Crippen molar-refractivity contribution in [3.63, 3.8) is 0 Å². The van der Waals surface area contributed by atoms with Gasteiger partial charge in [-0.3, -0.25) is 9.59 Å². The molecule has 138 valence electrons. The fraction of sp³-hybridized carbons (Fsp3) is 0.529. The van der Waals surface area contributed by atoms with E-state index in [0.717, 1.165) is 0 Å². The highest BCUT2D eigenvalue weighted by molar-refractivity contribution is 7.89. The Labute approximate surface area is 148 Å². The minimum absolute atomic E-state index is 0.117. The minimum Gasteiger partial charge on any atom is -0.369 e. The molecule has 2 amide bonds. The number of benzene rings is 1. The first-order valence-electron chi connectivity index (χ1n) is 8.22. The SMILES string of the molecule is CC(C)(C)NS(=O)(=O)c1ccc(C(=O)N2CCC(C(N)=O)CC2)cc1. The van der Waals surface area contributed by atoms with Crippen molar-refractivity contribution in [2.45, 2.75) is 44.0 Å². The van der Waals surface area contributed by atoms with Gasteiger partial charge in [0.15, 0.2) is 0 Å². The quantitative estimate of drug-likeness (QED) is 0.830. The van der Waals surface area contributed by atoms with Crippen LogP contribution in [0.1, 0.15) is 44.0 Å². The average molecular weight is 367 g/mol. The van der Waals surface area contributed by atoms with Gasteiger partial charge >= 0.3 is 0 Å². The number of hydrogen-bond acceptors (Lipinski definition) is 4. The number of rotatable bonds is 4. The molecule has 25 heavy (non-hydrogen) atoms. The van der Waals surface area contributed by atoms with Crippen LogP contribution >= 0.6 is 0 Å². The highest BCUT2D eigenvalue weighted by Crippen LogP contribution is 2.20. The number of carbonyl (C=O) groups is 2. The fourth-order valence-corrected chi connectivity index (χ4v) is 4.21. The molecule has 1 saturated heterocycles. The van der Waals surface area contributed by atoms with E-state index in [1.54, 1.807) is 25.7 Å². The van der Waals surface area contributed by atoms with Crippen molar-refractivity contribution >= 4 is 21.8 Å². The number of piperidine rings is 1. The van der Waals surface area contributed by atoms with Crippen LogP contribution in [-0.2, 0) is 14.8 Å². The molecule has 0 unspecified atom stereocenters. The van der Waals surface area contributed by atoms with Crippen LogP contribution < -0.4 is 10.5 Å². The lowest BCUT2D eigenvalue weighted by atomic mass is 9.96. The molecule has 0 spiro atoms. The molecule has 0 radical (unpaired) electrons. The van der Waals surface area contributed by atoms with Crippen LogP contribution in [0.15, 0.2) is 29.2 Å². The number of nitrogens with two attached hydrogens (primary N) is 1. The average Bonchev–Trinajstić information content (AvgIpc) is 2.52. The molecule has 7 nitrogen and oxygen atoms in total. The molecule has 0 atom stereocenters. The molecule has 1 aliphatic rings. The summed E-state index contributed by atoms with van der Waals surface area (Å²) in [4.78, 5) is 25.5. The molecule has 1 heterocycles. The number of hydrogen-bond donors (Lipinski definition) is 2. The molecule has 1 aromatic rings. The zero-order valence-corrected chi connectivity index (χ0v) is 15.6. The smallest absolute Gasteiger partial charge is 0.253 e. The molecule has 1 aliphatic heterocycles. The molecule has 0 bridgehead atoms. The Morgan fingerprint density at radius 2 is 1.64 bits per heavy atom. The topological polar surface area (TPSA) is 110 Å². The van der Waals surface area contributed by atoms with E-state index in [2.05, 4.69) is 4.72 Å². The second kappa shape index (κ2) is 7.13. The Morgan fingerprint density at radius 1 is 1.12 bits per heavy atom. The summed E-state index contributed by atoms with van der Waals surface area (Å²) in [6.45, 7) is 6.23. The van der Waals surface area contributed by atoms with E-state index in [4.69, 9.17) is 5.73 Å². The highest BCUT2D eigenvalue weighted by atomic mass is 32.2. The summed E-state index contributed by atoms with van der Waals surface area (Å²) >= 11 is 0. The molecular formula is C17H25N3O4S. The summed E-state index contributed by atoms with van der Waals surface area (Å²) in [6.07, 6.45) is 1.12. The lowest BCUT2D eigenvalue weighted by molar-refractivity contribution is -0.123. The van der Waals surface area contributed by atoms with Crippen molar-refractivity contribution in [2.24, 2.45) is 11.7 Å². The fourth-order valence-electron chi connectivity index (χ4n) is 2.79. The van der Waals surface area contributed by atoms with E-state index in [1.165, 1.54) is 24.3 Å². The Balaban J connectivity index is 2.07. The third kappa shape index (κ3) is 5.02. The summed E-state index contributed by atoms with van der Waals surface area (Å²) < 4.78 is 27.1. The van der Waals surface area contributed by atoms with Crippen LogP contribution in [0.4, 0.5) is 0 Å². The van der Waals surface area contributed by atoms with Crippen LogP contribution in [0.25, 0.3) is 0 Å². The molecule has 0 aromatic heterocycles. The van der Waals surface area contributed by atoms with E-state index < -0.39 is 15.6 Å². The first-order valence-corrected chi connectivity index (χ1v) is 9.70. The largest absolute Gasteiger partial charge is 0.369 e. The second-order valence-electron chi connectivity index (χ2n) is 7.35. The van der Waals surface area contributed by atoms with Gasteiger partial charge in [-0.2, -0.15) is 0 Å². The molecule has 2 rings (SSSR count). The number of nitrogens with zero attached hydrogens (tertiary/aromatic N) is 1. The van der Waals surface area contributed by atoms with Gasteiger partial charge in [-0.1, -0.05) is 0 Å². The second-order valence-corrected chi connectivity index (χ2v) is 9.03. The van der Waals surface area contributed by atoms with Gasteiger partial charge in [0.05, 0.1) is 4.90 Å². The van der Waals surface area contributed by atoms with E-state index in [0.29, 0.717) is 31.5 Å². The van der Waals surface area contributed by atoms with Crippen LogP contribution in [0.5, 0.6) is 0 Å². The summed E-state index contributed by atoms with van der Waals surface area (Å²) in [5, 5.41) is 0. The van der Waals surface area contributed by atoms with Crippen LogP contribution in [-0.4, -0.2) is 43.8 Å². The van der Waals surface area contributed by atoms with Gasteiger partial charge in [-0.05, 0) is 57.9 Å². The van der Waals surface area contributed by atoms with Gasteiger partial charge in [0, 0.05) is 30.1 Å². The number of primary amides is 1. The standard InChI is InChI=1S/C17H25N3O4S/c1-17(2,3)19-25(23,24)14-6-4-13(5-7-14)16(22)20-10-8-12(9-11-20)15(18)21/h4-7,12,19H,8-11H2,1-3H3,(H2,18,21). The van der Waals surface area contributed by atoms with Crippen molar-refractivity contribution in [1.82, 2.24) is 9.62 Å². The van der Waals surface area contributed by atoms with Crippen molar-refractivity contribution in [3.8, 4) is 0 Å². The normalized spacial score (nSPS) is 16.7. The van der Waals surface area contributed by atoms with Crippen LogP contribution in [0, 0.1) is 5.92 Å². The predicted octanol–water partition coefficient (Wildman–Crippen LogP) is 1.10. The predicted molar refractivity (Wildman–Crippen MR) is 94.3 cm³/mol. The van der Waals surface area contributed by atoms with Gasteiger partial charge in [-0.15, -0.1) is 0 Å². The van der Waals surface area contributed by atoms with E-state index in [-0.39, 0.29) is 22.6 Å². The van der Waals surface area contributed by atoms with Crippen molar-refractivity contribution < 1.29 is 18.0 Å². The van der Waals surface area contributed by atoms with Gasteiger partial charge in [0.25, 0.3) is 5.91 Å². The molecule has 1 fully saturated rings. The Kier molecular flexibility index (Phi) is 5.53. The minimum atomic E-state index is -3.63. The van der Waals surface area contributed by atoms with Crippen molar-refractivity contribution in [3.05, 3.63) is 29.8 Å². The monoisotopic (exact) mass is 367 g/mol. The molecule has 3 N–H and O–H groups in total. The first kappa shape index (κ1) is 19.4. The Hall–Kier alpha value is -1.93. The maximum atomic E-state index is 12.5. The maximum Gasteiger partial charge on any atom is 0.253 e. The first-order chi connectivity index (χ1) is 11.5. The number of sulfonamides is 1. The summed E-state index contributed by atoms with van der Waals surface area (Å²) in [5.41, 5.74) is 5.13. The van der Waals surface area contributed by atoms with Crippen LogP contribution in [0.3, 0.4) is 0 Å². The summed E-state index contributed by atoms with van der Waals surface area (Å²) in [5.74, 6) is -0.677. The van der Waals surface area contributed by atoms with Gasteiger partial charge in [-0.25, -0.2) is 13.1 Å². The Bertz CT molecular complexity index is 743. The molecule has 0 saturated carbocycles. The molecule has 1 aromatic carbocycles. The van der Waals surface area contributed by atoms with Gasteiger partial charge in [0.1, 0.15) is 0 Å². The third-order valence-corrected chi connectivity index (χ3v) is 5.81. The highest BCUT2D eigenvalue weighted by Gasteiger charge is 2.27. The van der Waals surface area contributed by atoms with Crippen molar-refractivity contribution in [1.29, 1.82) is 0 Å². The van der Waals surface area contributed by atoms with Crippen LogP contribution in [0.2, 0.25) is 0 Å². The number of nitrogens with one attached hydrogen (secondary N) is 1. The number of likely N-dealkylation sites (tertiary alicyclic amines) is 1. The Morgan fingerprint density at radius 3 is 2.08 bits per heavy atom. The van der Waals surface area contributed by atoms with E-state index >= 15 is 0 Å². The summed E-state index contributed by atoms with van der Waals surface area (Å²) in [7, 11) is -3.63. The third-order valence-electron chi connectivity index (χ3n) is 4.04. The van der Waals surface area contributed by atoms with Gasteiger partial charge in [0.2, 0.25) is 15.9 Å². The maximum absolute atomic E-state index is 12.5. The molecule has 0 aliphatic carbocycles. The number of carbonyl (C=O) groups excluding carboxylic acids is 2. The molecule has 8 heteroatoms. The molecular weight excluding hydrogens is 342 g/mol. The zero-order chi connectivity index (χ0) is 18.8. The van der Waals surface area contributed by atoms with E-state index in [1.807, 2.05) is 0 Å². The van der Waals surface area contributed by atoms with E-state index in [9.17, 15) is 18.0 Å². The lowest BCUT2D eigenvalue weighted by Crippen LogP contribution is -2.41. The zero-order valence-electron chi connectivity index (χ0n) is 14.8.